The van der Waals surface area contributed by atoms with Gasteiger partial charge in [-0.2, -0.15) is 5.10 Å². The first-order chi connectivity index (χ1) is 14.6. The van der Waals surface area contributed by atoms with Crippen molar-refractivity contribution >= 4 is 5.91 Å². The molecule has 6 nitrogen and oxygen atoms in total. The number of benzene rings is 1. The van der Waals surface area contributed by atoms with Crippen LogP contribution < -0.4 is 0 Å². The Morgan fingerprint density at radius 1 is 1.10 bits per heavy atom. The van der Waals surface area contributed by atoms with Crippen molar-refractivity contribution in [2.24, 2.45) is 0 Å². The average molecular weight is 404 g/mol. The summed E-state index contributed by atoms with van der Waals surface area (Å²) >= 11 is 0. The Hall–Kier alpha value is -2.99. The van der Waals surface area contributed by atoms with E-state index < -0.39 is 0 Å². The van der Waals surface area contributed by atoms with Crippen molar-refractivity contribution in [1.82, 2.24) is 24.6 Å². The Kier molecular flexibility index (Phi) is 6.23. The molecule has 1 amide bonds. The van der Waals surface area contributed by atoms with E-state index in [0.717, 1.165) is 56.0 Å². The van der Waals surface area contributed by atoms with Gasteiger partial charge in [0, 0.05) is 56.7 Å². The standard InChI is InChI=1S/C24H29N5O/c1-19-18-23(26-29(19)22-9-4-3-5-10-22)24(30)27(2)21-12-16-28(17-13-21)15-11-20-8-6-7-14-25-20/h3-10,14,18,21H,11-13,15-17H2,1-2H3. The first-order valence-electron chi connectivity index (χ1n) is 10.6. The van der Waals surface area contributed by atoms with E-state index in [0.29, 0.717) is 5.69 Å². The maximum Gasteiger partial charge on any atom is 0.274 e. The smallest absolute Gasteiger partial charge is 0.274 e. The molecule has 1 aromatic carbocycles. The number of rotatable bonds is 6. The van der Waals surface area contributed by atoms with Crippen LogP contribution >= 0.6 is 0 Å². The summed E-state index contributed by atoms with van der Waals surface area (Å²) in [6.45, 7) is 5.01. The van der Waals surface area contributed by atoms with E-state index >= 15 is 0 Å². The summed E-state index contributed by atoms with van der Waals surface area (Å²) in [6, 6.07) is 18.1. The molecule has 0 N–H and O–H groups in total. The summed E-state index contributed by atoms with van der Waals surface area (Å²) in [5.74, 6) is -0.000262. The molecule has 156 valence electrons. The molecule has 3 heterocycles. The lowest BCUT2D eigenvalue weighted by Crippen LogP contribution is -2.46. The van der Waals surface area contributed by atoms with E-state index in [1.807, 2.05) is 78.3 Å². The molecule has 0 aliphatic carbocycles. The minimum Gasteiger partial charge on any atom is -0.337 e. The number of hydrogen-bond acceptors (Lipinski definition) is 4. The first kappa shape index (κ1) is 20.3. The van der Waals surface area contributed by atoms with E-state index in [-0.39, 0.29) is 11.9 Å². The predicted molar refractivity (Wildman–Crippen MR) is 118 cm³/mol. The molecule has 1 saturated heterocycles. The Bertz CT molecular complexity index is 962. The van der Waals surface area contributed by atoms with Gasteiger partial charge in [-0.15, -0.1) is 0 Å². The van der Waals surface area contributed by atoms with Crippen molar-refractivity contribution < 1.29 is 4.79 Å². The molecule has 4 rings (SSSR count). The topological polar surface area (TPSA) is 54.3 Å². The highest BCUT2D eigenvalue weighted by Gasteiger charge is 2.27. The number of aromatic nitrogens is 3. The van der Waals surface area contributed by atoms with Gasteiger partial charge in [0.05, 0.1) is 5.69 Å². The molecule has 2 aromatic heterocycles. The maximum atomic E-state index is 13.1. The van der Waals surface area contributed by atoms with Gasteiger partial charge in [0.2, 0.25) is 0 Å². The van der Waals surface area contributed by atoms with Crippen LogP contribution in [0.4, 0.5) is 0 Å². The minimum atomic E-state index is -0.000262. The van der Waals surface area contributed by atoms with Crippen LogP contribution in [0.2, 0.25) is 0 Å². The van der Waals surface area contributed by atoms with Crippen molar-refractivity contribution in [1.29, 1.82) is 0 Å². The fourth-order valence-electron chi connectivity index (χ4n) is 4.10. The highest BCUT2D eigenvalue weighted by molar-refractivity contribution is 5.92. The highest BCUT2D eigenvalue weighted by atomic mass is 16.2. The lowest BCUT2D eigenvalue weighted by Gasteiger charge is -2.36. The number of aryl methyl sites for hydroxylation is 1. The highest BCUT2D eigenvalue weighted by Crippen LogP contribution is 2.19. The second-order valence-corrected chi connectivity index (χ2v) is 7.98. The van der Waals surface area contributed by atoms with Crippen molar-refractivity contribution in [3.05, 3.63) is 77.9 Å². The monoisotopic (exact) mass is 403 g/mol. The van der Waals surface area contributed by atoms with Crippen LogP contribution in [0, 0.1) is 6.92 Å². The molecular formula is C24H29N5O. The second-order valence-electron chi connectivity index (χ2n) is 7.98. The zero-order valence-electron chi connectivity index (χ0n) is 17.7. The Morgan fingerprint density at radius 2 is 1.83 bits per heavy atom. The van der Waals surface area contributed by atoms with E-state index in [9.17, 15) is 4.79 Å². The summed E-state index contributed by atoms with van der Waals surface area (Å²) in [5, 5.41) is 4.58. The van der Waals surface area contributed by atoms with Gasteiger partial charge in [0.1, 0.15) is 0 Å². The summed E-state index contributed by atoms with van der Waals surface area (Å²) in [6.07, 6.45) is 4.80. The summed E-state index contributed by atoms with van der Waals surface area (Å²) in [5.41, 5.74) is 3.58. The van der Waals surface area contributed by atoms with Crippen molar-refractivity contribution in [3.8, 4) is 5.69 Å². The van der Waals surface area contributed by atoms with Crippen molar-refractivity contribution in [3.63, 3.8) is 0 Å². The van der Waals surface area contributed by atoms with Gasteiger partial charge in [0.25, 0.3) is 5.91 Å². The number of nitrogens with zero attached hydrogens (tertiary/aromatic N) is 5. The summed E-state index contributed by atoms with van der Waals surface area (Å²) in [4.78, 5) is 21.8. The van der Waals surface area contributed by atoms with E-state index in [2.05, 4.69) is 21.0 Å². The zero-order chi connectivity index (χ0) is 20.9. The lowest BCUT2D eigenvalue weighted by atomic mass is 10.0. The molecule has 1 aliphatic rings. The van der Waals surface area contributed by atoms with Crippen molar-refractivity contribution in [2.75, 3.05) is 26.7 Å². The van der Waals surface area contributed by atoms with Crippen LogP contribution in [-0.2, 0) is 6.42 Å². The van der Waals surface area contributed by atoms with Crippen LogP contribution in [0.15, 0.2) is 60.8 Å². The van der Waals surface area contributed by atoms with Crippen LogP contribution in [0.1, 0.15) is 34.7 Å². The number of hydrogen-bond donors (Lipinski definition) is 0. The van der Waals surface area contributed by atoms with E-state index in [1.165, 1.54) is 0 Å². The van der Waals surface area contributed by atoms with Gasteiger partial charge in [-0.1, -0.05) is 24.3 Å². The third-order valence-corrected chi connectivity index (χ3v) is 5.94. The molecule has 0 unspecified atom stereocenters. The fraction of sp³-hybridized carbons (Fsp3) is 0.375. The second kappa shape index (κ2) is 9.22. The Balaban J connectivity index is 1.33. The van der Waals surface area contributed by atoms with Crippen molar-refractivity contribution in [2.45, 2.75) is 32.2 Å². The molecule has 0 spiro atoms. The van der Waals surface area contributed by atoms with Gasteiger partial charge in [-0.3, -0.25) is 9.78 Å². The molecule has 1 fully saturated rings. The molecule has 0 saturated carbocycles. The number of carbonyl (C=O) groups excluding carboxylic acids is 1. The Morgan fingerprint density at radius 3 is 2.53 bits per heavy atom. The molecule has 6 heteroatoms. The van der Waals surface area contributed by atoms with E-state index in [4.69, 9.17) is 0 Å². The molecule has 0 atom stereocenters. The normalized spacial score (nSPS) is 15.3. The molecule has 0 bridgehead atoms. The molecular weight excluding hydrogens is 374 g/mol. The Labute approximate surface area is 178 Å². The molecule has 3 aromatic rings. The van der Waals surface area contributed by atoms with Crippen LogP contribution in [0.5, 0.6) is 0 Å². The van der Waals surface area contributed by atoms with Crippen LogP contribution in [0.25, 0.3) is 5.69 Å². The third kappa shape index (κ3) is 4.60. The minimum absolute atomic E-state index is 0.000262. The third-order valence-electron chi connectivity index (χ3n) is 5.94. The van der Waals surface area contributed by atoms with Gasteiger partial charge < -0.3 is 9.80 Å². The summed E-state index contributed by atoms with van der Waals surface area (Å²) in [7, 11) is 1.91. The quantitative estimate of drug-likeness (QED) is 0.633. The number of para-hydroxylation sites is 1. The number of amides is 1. The van der Waals surface area contributed by atoms with Gasteiger partial charge >= 0.3 is 0 Å². The van der Waals surface area contributed by atoms with Gasteiger partial charge in [-0.25, -0.2) is 4.68 Å². The molecule has 30 heavy (non-hydrogen) atoms. The van der Waals surface area contributed by atoms with Gasteiger partial charge in [-0.05, 0) is 50.1 Å². The van der Waals surface area contributed by atoms with E-state index in [1.54, 1.807) is 0 Å². The van der Waals surface area contributed by atoms with Crippen LogP contribution in [-0.4, -0.2) is 63.2 Å². The zero-order valence-corrected chi connectivity index (χ0v) is 17.7. The average Bonchev–Trinajstić information content (AvgIpc) is 3.20. The molecule has 0 radical (unpaired) electrons. The first-order valence-corrected chi connectivity index (χ1v) is 10.6. The number of likely N-dealkylation sites (tertiary alicyclic amines) is 1. The maximum absolute atomic E-state index is 13.1. The fourth-order valence-corrected chi connectivity index (χ4v) is 4.10. The largest absolute Gasteiger partial charge is 0.337 e. The SMILES string of the molecule is Cc1cc(C(=O)N(C)C2CCN(CCc3ccccn3)CC2)nn1-c1ccccc1. The van der Waals surface area contributed by atoms with Gasteiger partial charge in [0.15, 0.2) is 5.69 Å². The lowest BCUT2D eigenvalue weighted by molar-refractivity contribution is 0.0637. The number of carbonyl (C=O) groups is 1. The number of piperidine rings is 1. The van der Waals surface area contributed by atoms with Crippen LogP contribution in [0.3, 0.4) is 0 Å². The predicted octanol–water partition coefficient (Wildman–Crippen LogP) is 3.35. The number of pyridine rings is 1. The summed E-state index contributed by atoms with van der Waals surface area (Å²) < 4.78 is 1.83. The molecule has 1 aliphatic heterocycles.